The quantitative estimate of drug-likeness (QED) is 0.0298. The van der Waals surface area contributed by atoms with Crippen molar-refractivity contribution in [2.75, 3.05) is 33.0 Å². The minimum atomic E-state index is -1.33. The lowest BCUT2D eigenvalue weighted by molar-refractivity contribution is -0.198. The molecule has 1 N–H and O–H groups in total. The zero-order valence-electron chi connectivity index (χ0n) is 37.9. The minimum Gasteiger partial charge on any atom is -0.461 e. The van der Waals surface area contributed by atoms with Gasteiger partial charge in [0.15, 0.2) is 0 Å². The fourth-order valence-electron chi connectivity index (χ4n) is 7.50. The van der Waals surface area contributed by atoms with Crippen LogP contribution in [0.15, 0.2) is 60.7 Å². The summed E-state index contributed by atoms with van der Waals surface area (Å²) in [6.45, 7) is 3.41. The Morgan fingerprint density at radius 3 is 1.57 bits per heavy atom. The van der Waals surface area contributed by atoms with E-state index >= 15 is 0 Å². The number of benzene rings is 2. The van der Waals surface area contributed by atoms with Crippen LogP contribution < -0.4 is 5.32 Å². The molecule has 13 nitrogen and oxygen atoms in total. The Kier molecular flexibility index (Phi) is 27.6. The van der Waals surface area contributed by atoms with Gasteiger partial charge in [-0.25, -0.2) is 4.79 Å². The number of carbonyl (C=O) groups is 6. The van der Waals surface area contributed by atoms with Gasteiger partial charge < -0.3 is 29.1 Å². The van der Waals surface area contributed by atoms with Gasteiger partial charge in [0.25, 0.3) is 11.8 Å². The molecule has 3 rings (SSSR count). The van der Waals surface area contributed by atoms with E-state index in [0.717, 1.165) is 81.8 Å². The summed E-state index contributed by atoms with van der Waals surface area (Å²) in [5, 5.41) is 3.50. The average Bonchev–Trinajstić information content (AvgIpc) is 3.61. The van der Waals surface area contributed by atoms with E-state index in [1.807, 2.05) is 60.7 Å². The SMILES string of the molecule is CCCCCCCCCCCC(CCCCCCCCCCC(=O)OCc1ccccc1)(C(=O)NCCOCCOCCC(=O)ON1C(=O)CCC1=O)C(=O)OCc1ccccc1. The summed E-state index contributed by atoms with van der Waals surface area (Å²) in [7, 11) is 0. The van der Waals surface area contributed by atoms with Crippen LogP contribution in [0.1, 0.15) is 166 Å². The van der Waals surface area contributed by atoms with E-state index in [1.54, 1.807) is 0 Å². The first-order valence-corrected chi connectivity index (χ1v) is 23.7. The van der Waals surface area contributed by atoms with E-state index in [9.17, 15) is 28.8 Å². The van der Waals surface area contributed by atoms with Gasteiger partial charge in [0.2, 0.25) is 5.91 Å². The summed E-state index contributed by atoms with van der Waals surface area (Å²) < 4.78 is 22.4. The average molecular weight is 879 g/mol. The Labute approximate surface area is 375 Å². The largest absolute Gasteiger partial charge is 0.461 e. The fourth-order valence-corrected chi connectivity index (χ4v) is 7.50. The van der Waals surface area contributed by atoms with Gasteiger partial charge in [-0.3, -0.25) is 24.0 Å². The lowest BCUT2D eigenvalue weighted by Gasteiger charge is -2.31. The molecule has 1 fully saturated rings. The van der Waals surface area contributed by atoms with E-state index in [2.05, 4.69) is 12.2 Å². The molecule has 63 heavy (non-hydrogen) atoms. The molecule has 13 heteroatoms. The van der Waals surface area contributed by atoms with Crippen LogP contribution in [0.5, 0.6) is 0 Å². The second-order valence-electron chi connectivity index (χ2n) is 16.5. The smallest absolute Gasteiger partial charge is 0.335 e. The maximum Gasteiger partial charge on any atom is 0.335 e. The van der Waals surface area contributed by atoms with Gasteiger partial charge in [-0.1, -0.05) is 170 Å². The third kappa shape index (κ3) is 22.5. The number of imide groups is 1. The number of nitrogens with zero attached hydrogens (tertiary/aromatic N) is 1. The lowest BCUT2D eigenvalue weighted by Crippen LogP contribution is -2.48. The lowest BCUT2D eigenvalue weighted by atomic mass is 9.76. The van der Waals surface area contributed by atoms with Crippen molar-refractivity contribution >= 4 is 35.6 Å². The molecule has 3 amide bonds. The molecule has 0 aromatic heterocycles. The minimum absolute atomic E-state index is 0.0233. The van der Waals surface area contributed by atoms with Crippen molar-refractivity contribution in [2.45, 2.75) is 168 Å². The number of nitrogens with one attached hydrogen (secondary N) is 1. The van der Waals surface area contributed by atoms with Crippen LogP contribution in [0, 0.1) is 5.41 Å². The third-order valence-corrected chi connectivity index (χ3v) is 11.3. The van der Waals surface area contributed by atoms with Crippen molar-refractivity contribution in [3.8, 4) is 0 Å². The van der Waals surface area contributed by atoms with Crippen LogP contribution in [0.3, 0.4) is 0 Å². The maximum absolute atomic E-state index is 14.2. The van der Waals surface area contributed by atoms with Crippen molar-refractivity contribution in [1.82, 2.24) is 10.4 Å². The molecule has 0 spiro atoms. The Morgan fingerprint density at radius 1 is 0.556 bits per heavy atom. The maximum atomic E-state index is 14.2. The van der Waals surface area contributed by atoms with E-state index in [4.69, 9.17) is 23.8 Å². The summed E-state index contributed by atoms with van der Waals surface area (Å²) >= 11 is 0. The van der Waals surface area contributed by atoms with Crippen molar-refractivity contribution < 1.29 is 52.6 Å². The molecule has 1 saturated heterocycles. The second kappa shape index (κ2) is 33.0. The molecule has 0 radical (unpaired) electrons. The van der Waals surface area contributed by atoms with Crippen LogP contribution in [-0.2, 0) is 65.8 Å². The Bertz CT molecular complexity index is 1590. The molecule has 0 bridgehead atoms. The number of unbranched alkanes of at least 4 members (excludes halogenated alkanes) is 15. The number of rotatable bonds is 37. The van der Waals surface area contributed by atoms with E-state index in [0.29, 0.717) is 37.4 Å². The number of hydrogen-bond acceptors (Lipinski definition) is 11. The molecule has 2 aromatic rings. The molecule has 2 aromatic carbocycles. The molecule has 0 saturated carbocycles. The second-order valence-corrected chi connectivity index (χ2v) is 16.5. The van der Waals surface area contributed by atoms with Gasteiger partial charge in [0.1, 0.15) is 18.6 Å². The Balaban J connectivity index is 1.46. The molecule has 350 valence electrons. The Hall–Kier alpha value is -4.62. The Morgan fingerprint density at radius 2 is 1.03 bits per heavy atom. The summed E-state index contributed by atoms with van der Waals surface area (Å²) in [5.74, 6) is -2.80. The normalized spacial score (nSPS) is 13.4. The van der Waals surface area contributed by atoms with Crippen LogP contribution in [0.4, 0.5) is 0 Å². The highest BCUT2D eigenvalue weighted by Gasteiger charge is 2.46. The topological polar surface area (TPSA) is 164 Å². The highest BCUT2D eigenvalue weighted by atomic mass is 16.7. The molecule has 1 atom stereocenters. The monoisotopic (exact) mass is 879 g/mol. The molecule has 0 aliphatic carbocycles. The van der Waals surface area contributed by atoms with Crippen LogP contribution >= 0.6 is 0 Å². The molecule has 1 unspecified atom stereocenters. The van der Waals surface area contributed by atoms with Crippen molar-refractivity contribution in [3.63, 3.8) is 0 Å². The predicted molar refractivity (Wildman–Crippen MR) is 239 cm³/mol. The number of amides is 3. The number of hydrogen-bond donors (Lipinski definition) is 1. The summed E-state index contributed by atoms with van der Waals surface area (Å²) in [6.07, 6.45) is 18.7. The van der Waals surface area contributed by atoms with Gasteiger partial charge in [-0.15, -0.1) is 5.06 Å². The highest BCUT2D eigenvalue weighted by Crippen LogP contribution is 2.35. The fraction of sp³-hybridized carbons (Fsp3) is 0.640. The van der Waals surface area contributed by atoms with Gasteiger partial charge in [-0.05, 0) is 30.4 Å². The molecule has 1 aliphatic heterocycles. The van der Waals surface area contributed by atoms with Gasteiger partial charge in [-0.2, -0.15) is 0 Å². The van der Waals surface area contributed by atoms with Gasteiger partial charge in [0, 0.05) is 25.8 Å². The van der Waals surface area contributed by atoms with Crippen molar-refractivity contribution in [1.29, 1.82) is 0 Å². The van der Waals surface area contributed by atoms with Crippen LogP contribution in [0.25, 0.3) is 0 Å². The summed E-state index contributed by atoms with van der Waals surface area (Å²) in [5.41, 5.74) is 0.515. The van der Waals surface area contributed by atoms with E-state index in [-0.39, 0.29) is 70.7 Å². The number of ether oxygens (including phenoxy) is 4. The number of hydroxylamine groups is 2. The standard InChI is InChI=1S/C50H74N2O11/c1-2-3-4-5-6-8-11-14-23-33-50(49(58)62-41-43-27-20-17-21-28-43,34-24-15-12-9-7-10-13-22-29-46(55)61-40-42-25-18-16-19-26-42)48(57)51-35-37-60-39-38-59-36-32-47(56)63-52-44(53)30-31-45(52)54/h16-21,25-28H,2-15,22-24,29-41H2,1H3,(H,51,57). The third-order valence-electron chi connectivity index (χ3n) is 11.3. The first-order chi connectivity index (χ1) is 30.7. The zero-order valence-corrected chi connectivity index (χ0v) is 37.9. The van der Waals surface area contributed by atoms with Crippen LogP contribution in [0.2, 0.25) is 0 Å². The molecule has 1 aliphatic rings. The molecular formula is C50H74N2O11. The van der Waals surface area contributed by atoms with Crippen molar-refractivity contribution in [2.24, 2.45) is 5.41 Å². The molecular weight excluding hydrogens is 805 g/mol. The van der Waals surface area contributed by atoms with E-state index < -0.39 is 29.2 Å². The first kappa shape index (κ1) is 52.7. The van der Waals surface area contributed by atoms with E-state index in [1.165, 1.54) is 32.1 Å². The first-order valence-electron chi connectivity index (χ1n) is 23.7. The highest BCUT2D eigenvalue weighted by molar-refractivity contribution is 6.03. The van der Waals surface area contributed by atoms with Crippen molar-refractivity contribution in [3.05, 3.63) is 71.8 Å². The predicted octanol–water partition coefficient (Wildman–Crippen LogP) is 9.43. The van der Waals surface area contributed by atoms with Gasteiger partial charge >= 0.3 is 17.9 Å². The number of carbonyl (C=O) groups excluding carboxylic acids is 6. The molecule has 1 heterocycles. The summed E-state index contributed by atoms with van der Waals surface area (Å²) in [4.78, 5) is 80.6. The number of esters is 2. The van der Waals surface area contributed by atoms with Crippen LogP contribution in [-0.4, -0.2) is 73.7 Å². The summed E-state index contributed by atoms with van der Waals surface area (Å²) in [6, 6.07) is 19.2. The zero-order chi connectivity index (χ0) is 45.2. The van der Waals surface area contributed by atoms with Gasteiger partial charge in [0.05, 0.1) is 32.8 Å².